The summed E-state index contributed by atoms with van der Waals surface area (Å²) in [7, 11) is 0. The SMILES string of the molecule is CCCCOC(=O)NCCNCC(=O)n1cc(C)c(=O)[nH]c1=O. The molecule has 1 amide bonds. The lowest BCUT2D eigenvalue weighted by Gasteiger charge is -2.08. The van der Waals surface area contributed by atoms with Crippen LogP contribution in [0.15, 0.2) is 15.8 Å². The van der Waals surface area contributed by atoms with Gasteiger partial charge < -0.3 is 15.4 Å². The van der Waals surface area contributed by atoms with Gasteiger partial charge in [-0.05, 0) is 13.3 Å². The molecule has 0 unspecified atom stereocenters. The molecule has 1 aromatic rings. The van der Waals surface area contributed by atoms with Gasteiger partial charge in [-0.1, -0.05) is 13.3 Å². The Morgan fingerprint density at radius 2 is 2.04 bits per heavy atom. The highest BCUT2D eigenvalue weighted by Gasteiger charge is 2.09. The molecule has 0 fully saturated rings. The number of nitrogens with one attached hydrogen (secondary N) is 3. The Morgan fingerprint density at radius 1 is 1.30 bits per heavy atom. The zero-order valence-corrected chi connectivity index (χ0v) is 13.3. The Morgan fingerprint density at radius 3 is 2.74 bits per heavy atom. The number of aryl methyl sites for hydroxylation is 1. The first kappa shape index (κ1) is 18.6. The Kier molecular flexibility index (Phi) is 7.75. The standard InChI is InChI=1S/C14H22N4O5/c1-3-4-7-23-14(22)16-6-5-15-8-11(19)18-9-10(2)12(20)17-13(18)21/h9,15H,3-8H2,1-2H3,(H,16,22)(H,17,20,21). The van der Waals surface area contributed by atoms with E-state index < -0.39 is 23.2 Å². The number of hydrogen-bond acceptors (Lipinski definition) is 6. The van der Waals surface area contributed by atoms with Crippen LogP contribution in [0.3, 0.4) is 0 Å². The number of hydrogen-bond donors (Lipinski definition) is 3. The summed E-state index contributed by atoms with van der Waals surface area (Å²) in [5.74, 6) is -0.500. The highest BCUT2D eigenvalue weighted by atomic mass is 16.5. The van der Waals surface area contributed by atoms with Gasteiger partial charge in [-0.2, -0.15) is 0 Å². The van der Waals surface area contributed by atoms with Gasteiger partial charge in [0, 0.05) is 24.8 Å². The minimum Gasteiger partial charge on any atom is -0.450 e. The van der Waals surface area contributed by atoms with E-state index in [2.05, 4.69) is 15.6 Å². The number of unbranched alkanes of at least 4 members (excludes halogenated alkanes) is 1. The molecule has 0 spiro atoms. The van der Waals surface area contributed by atoms with E-state index in [-0.39, 0.29) is 18.7 Å². The van der Waals surface area contributed by atoms with Gasteiger partial charge in [0.05, 0.1) is 13.2 Å². The van der Waals surface area contributed by atoms with Gasteiger partial charge >= 0.3 is 11.8 Å². The molecule has 0 aromatic carbocycles. The third-order valence-corrected chi connectivity index (χ3v) is 2.97. The molecule has 0 bridgehead atoms. The van der Waals surface area contributed by atoms with Gasteiger partial charge in [-0.25, -0.2) is 14.2 Å². The van der Waals surface area contributed by atoms with Crippen LogP contribution in [-0.2, 0) is 4.74 Å². The summed E-state index contributed by atoms with van der Waals surface area (Å²) in [6, 6.07) is 0. The summed E-state index contributed by atoms with van der Waals surface area (Å²) in [5.41, 5.74) is -1.02. The number of aromatic amines is 1. The second-order valence-electron chi connectivity index (χ2n) is 4.93. The molecule has 23 heavy (non-hydrogen) atoms. The third-order valence-electron chi connectivity index (χ3n) is 2.97. The van der Waals surface area contributed by atoms with Crippen LogP contribution < -0.4 is 21.9 Å². The van der Waals surface area contributed by atoms with E-state index in [0.717, 1.165) is 17.4 Å². The number of nitrogens with zero attached hydrogens (tertiary/aromatic N) is 1. The highest BCUT2D eigenvalue weighted by molar-refractivity contribution is 5.80. The van der Waals surface area contributed by atoms with Gasteiger partial charge in [0.15, 0.2) is 0 Å². The van der Waals surface area contributed by atoms with Crippen LogP contribution >= 0.6 is 0 Å². The number of aromatic nitrogens is 2. The van der Waals surface area contributed by atoms with E-state index in [9.17, 15) is 19.2 Å². The fourth-order valence-corrected chi connectivity index (χ4v) is 1.65. The Bertz CT molecular complexity index is 649. The lowest BCUT2D eigenvalue weighted by Crippen LogP contribution is -2.40. The highest BCUT2D eigenvalue weighted by Crippen LogP contribution is 1.88. The van der Waals surface area contributed by atoms with E-state index in [1.54, 1.807) is 0 Å². The minimum atomic E-state index is -0.773. The molecular formula is C14H22N4O5. The molecule has 0 aliphatic heterocycles. The fraction of sp³-hybridized carbons (Fsp3) is 0.571. The van der Waals surface area contributed by atoms with Crippen LogP contribution in [0, 0.1) is 6.92 Å². The van der Waals surface area contributed by atoms with Crippen molar-refractivity contribution in [1.82, 2.24) is 20.2 Å². The molecule has 0 radical (unpaired) electrons. The average Bonchev–Trinajstić information content (AvgIpc) is 2.50. The zero-order chi connectivity index (χ0) is 17.2. The summed E-state index contributed by atoms with van der Waals surface area (Å²) in [4.78, 5) is 47.9. The van der Waals surface area contributed by atoms with Crippen LogP contribution in [0.25, 0.3) is 0 Å². The average molecular weight is 326 g/mol. The van der Waals surface area contributed by atoms with Crippen molar-refractivity contribution in [2.24, 2.45) is 0 Å². The number of carbonyl (C=O) groups excluding carboxylic acids is 2. The van der Waals surface area contributed by atoms with Crippen molar-refractivity contribution in [3.8, 4) is 0 Å². The van der Waals surface area contributed by atoms with E-state index in [1.807, 2.05) is 6.92 Å². The molecule has 0 saturated heterocycles. The third kappa shape index (κ3) is 6.47. The molecule has 1 aromatic heterocycles. The van der Waals surface area contributed by atoms with Crippen molar-refractivity contribution in [2.45, 2.75) is 26.7 Å². The van der Waals surface area contributed by atoms with Crippen molar-refractivity contribution < 1.29 is 14.3 Å². The number of carbonyl (C=O) groups is 2. The largest absolute Gasteiger partial charge is 0.450 e. The molecule has 0 saturated carbocycles. The first-order valence-corrected chi connectivity index (χ1v) is 7.42. The zero-order valence-electron chi connectivity index (χ0n) is 13.3. The molecule has 0 atom stereocenters. The first-order chi connectivity index (χ1) is 11.0. The van der Waals surface area contributed by atoms with E-state index >= 15 is 0 Å². The lowest BCUT2D eigenvalue weighted by atomic mass is 10.4. The van der Waals surface area contributed by atoms with Crippen molar-refractivity contribution in [2.75, 3.05) is 26.2 Å². The maximum atomic E-state index is 11.9. The summed E-state index contributed by atoms with van der Waals surface area (Å²) in [6.07, 6.45) is 2.46. The Hall–Kier alpha value is -2.42. The number of amides is 1. The molecule has 0 aliphatic carbocycles. The van der Waals surface area contributed by atoms with Crippen molar-refractivity contribution >= 4 is 12.0 Å². The lowest BCUT2D eigenvalue weighted by molar-refractivity contribution is 0.0906. The fourth-order valence-electron chi connectivity index (χ4n) is 1.65. The second-order valence-corrected chi connectivity index (χ2v) is 4.93. The number of alkyl carbamates (subject to hydrolysis) is 1. The molecule has 9 heteroatoms. The summed E-state index contributed by atoms with van der Waals surface area (Å²) >= 11 is 0. The van der Waals surface area contributed by atoms with Gasteiger partial charge in [0.2, 0.25) is 5.91 Å². The Balaban J connectivity index is 2.30. The van der Waals surface area contributed by atoms with Crippen molar-refractivity contribution in [3.05, 3.63) is 32.6 Å². The maximum Gasteiger partial charge on any atom is 0.407 e. The smallest absolute Gasteiger partial charge is 0.407 e. The van der Waals surface area contributed by atoms with E-state index in [1.165, 1.54) is 13.1 Å². The summed E-state index contributed by atoms with van der Waals surface area (Å²) in [6.45, 7) is 4.41. The number of ether oxygens (including phenoxy) is 1. The minimum absolute atomic E-state index is 0.0993. The van der Waals surface area contributed by atoms with Crippen LogP contribution in [0.1, 0.15) is 30.1 Å². The van der Waals surface area contributed by atoms with Crippen molar-refractivity contribution in [3.63, 3.8) is 0 Å². The van der Waals surface area contributed by atoms with Gasteiger partial charge in [0.25, 0.3) is 5.56 Å². The molecular weight excluding hydrogens is 304 g/mol. The molecule has 128 valence electrons. The van der Waals surface area contributed by atoms with Crippen LogP contribution in [-0.4, -0.2) is 47.8 Å². The topological polar surface area (TPSA) is 122 Å². The molecule has 1 rings (SSSR count). The predicted octanol–water partition coefficient (Wildman–Crippen LogP) is -0.399. The van der Waals surface area contributed by atoms with Crippen LogP contribution in [0.4, 0.5) is 4.79 Å². The molecule has 3 N–H and O–H groups in total. The summed E-state index contributed by atoms with van der Waals surface area (Å²) < 4.78 is 5.74. The predicted molar refractivity (Wildman–Crippen MR) is 83.8 cm³/mol. The van der Waals surface area contributed by atoms with Gasteiger partial charge in [-0.3, -0.25) is 14.6 Å². The first-order valence-electron chi connectivity index (χ1n) is 7.42. The normalized spacial score (nSPS) is 10.3. The van der Waals surface area contributed by atoms with Gasteiger partial charge in [0.1, 0.15) is 0 Å². The Labute approximate surface area is 133 Å². The van der Waals surface area contributed by atoms with Crippen molar-refractivity contribution in [1.29, 1.82) is 0 Å². The summed E-state index contributed by atoms with van der Waals surface area (Å²) in [5, 5.41) is 5.33. The quantitative estimate of drug-likeness (QED) is 0.559. The van der Waals surface area contributed by atoms with E-state index in [4.69, 9.17) is 4.74 Å². The monoisotopic (exact) mass is 326 g/mol. The van der Waals surface area contributed by atoms with Crippen LogP contribution in [0.5, 0.6) is 0 Å². The number of rotatable bonds is 8. The van der Waals surface area contributed by atoms with E-state index in [0.29, 0.717) is 13.2 Å². The molecule has 0 aliphatic rings. The van der Waals surface area contributed by atoms with Gasteiger partial charge in [-0.15, -0.1) is 0 Å². The second kappa shape index (κ2) is 9.57. The maximum absolute atomic E-state index is 11.9. The molecule has 9 nitrogen and oxygen atoms in total. The molecule has 1 heterocycles. The number of H-pyrrole nitrogens is 1. The van der Waals surface area contributed by atoms with Crippen LogP contribution in [0.2, 0.25) is 0 Å².